The van der Waals surface area contributed by atoms with Gasteiger partial charge in [-0.1, -0.05) is 56.5 Å². The molecule has 0 N–H and O–H groups in total. The highest BCUT2D eigenvalue weighted by Gasteiger charge is 2.11. The van der Waals surface area contributed by atoms with Crippen LogP contribution in [0.15, 0.2) is 35.3 Å². The van der Waals surface area contributed by atoms with Crippen molar-refractivity contribution in [1.82, 2.24) is 0 Å². The molecule has 0 saturated heterocycles. The van der Waals surface area contributed by atoms with E-state index >= 15 is 0 Å². The van der Waals surface area contributed by atoms with Gasteiger partial charge in [-0.25, -0.2) is 0 Å². The number of rotatable bonds is 4. The van der Waals surface area contributed by atoms with E-state index in [1.165, 1.54) is 37.7 Å². The summed E-state index contributed by atoms with van der Waals surface area (Å²) >= 11 is 0. The van der Waals surface area contributed by atoms with Gasteiger partial charge >= 0.3 is 0 Å². The predicted octanol–water partition coefficient (Wildman–Crippen LogP) is 4.27. The highest BCUT2D eigenvalue weighted by Crippen LogP contribution is 2.20. The van der Waals surface area contributed by atoms with Crippen molar-refractivity contribution in [2.75, 3.05) is 0 Å². The fraction of sp³-hybridized carbons (Fsp3) is 0.562. The molecule has 1 fully saturated rings. The molecule has 1 aromatic rings. The van der Waals surface area contributed by atoms with Gasteiger partial charge in [-0.3, -0.25) is 4.99 Å². The van der Waals surface area contributed by atoms with Gasteiger partial charge in [-0.15, -0.1) is 0 Å². The zero-order valence-corrected chi connectivity index (χ0v) is 10.8. The SMILES string of the molecule is CC(C=NC1CCCCC1)Cc1ccccc1. The molecule has 0 aromatic heterocycles. The van der Waals surface area contributed by atoms with Crippen molar-refractivity contribution in [1.29, 1.82) is 0 Å². The summed E-state index contributed by atoms with van der Waals surface area (Å²) in [7, 11) is 0. The topological polar surface area (TPSA) is 12.4 Å². The average molecular weight is 229 g/mol. The van der Waals surface area contributed by atoms with E-state index in [-0.39, 0.29) is 0 Å². The molecule has 1 aliphatic rings. The Morgan fingerprint density at radius 3 is 2.59 bits per heavy atom. The van der Waals surface area contributed by atoms with Gasteiger partial charge in [0.05, 0.1) is 0 Å². The second-order valence-corrected chi connectivity index (χ2v) is 5.26. The molecule has 0 heterocycles. The molecule has 17 heavy (non-hydrogen) atoms. The first-order valence-corrected chi connectivity index (χ1v) is 6.92. The van der Waals surface area contributed by atoms with Gasteiger partial charge in [0.1, 0.15) is 0 Å². The summed E-state index contributed by atoms with van der Waals surface area (Å²) in [6.07, 6.45) is 10.0. The van der Waals surface area contributed by atoms with Crippen molar-refractivity contribution in [2.45, 2.75) is 51.5 Å². The van der Waals surface area contributed by atoms with Crippen molar-refractivity contribution in [3.8, 4) is 0 Å². The molecule has 1 aromatic carbocycles. The van der Waals surface area contributed by atoms with Gasteiger partial charge < -0.3 is 0 Å². The third kappa shape index (κ3) is 4.33. The fourth-order valence-electron chi connectivity index (χ4n) is 2.54. The van der Waals surface area contributed by atoms with Crippen LogP contribution < -0.4 is 0 Å². The number of hydrogen-bond acceptors (Lipinski definition) is 1. The first kappa shape index (κ1) is 12.3. The Morgan fingerprint density at radius 2 is 1.88 bits per heavy atom. The Bertz CT molecular complexity index is 336. The maximum atomic E-state index is 4.75. The van der Waals surface area contributed by atoms with E-state index in [1.807, 2.05) is 0 Å². The number of aliphatic imine (C=N–C) groups is 1. The lowest BCUT2D eigenvalue weighted by Gasteiger charge is -2.18. The average Bonchev–Trinajstić information content (AvgIpc) is 2.39. The minimum absolute atomic E-state index is 0.555. The molecule has 0 bridgehead atoms. The van der Waals surface area contributed by atoms with Crippen molar-refractivity contribution in [3.05, 3.63) is 35.9 Å². The zero-order chi connectivity index (χ0) is 11.9. The van der Waals surface area contributed by atoms with Crippen molar-refractivity contribution in [2.24, 2.45) is 10.9 Å². The van der Waals surface area contributed by atoms with Crippen LogP contribution in [0.1, 0.15) is 44.6 Å². The summed E-state index contributed by atoms with van der Waals surface area (Å²) in [4.78, 5) is 4.75. The number of benzene rings is 1. The Kier molecular flexibility index (Phi) is 4.78. The molecular formula is C16H23N. The molecule has 1 heteroatoms. The van der Waals surface area contributed by atoms with Gasteiger partial charge in [0.2, 0.25) is 0 Å². The van der Waals surface area contributed by atoms with Crippen LogP contribution in [0.5, 0.6) is 0 Å². The van der Waals surface area contributed by atoms with E-state index in [2.05, 4.69) is 43.5 Å². The standard InChI is InChI=1S/C16H23N/c1-14(12-15-8-4-2-5-9-15)13-17-16-10-6-3-7-11-16/h2,4-5,8-9,13-14,16H,3,6-7,10-12H2,1H3. The lowest BCUT2D eigenvalue weighted by Crippen LogP contribution is -2.11. The summed E-state index contributed by atoms with van der Waals surface area (Å²) in [6.45, 7) is 2.26. The Morgan fingerprint density at radius 1 is 1.18 bits per heavy atom. The Hall–Kier alpha value is -1.11. The molecule has 0 spiro atoms. The fourth-order valence-corrected chi connectivity index (χ4v) is 2.54. The van der Waals surface area contributed by atoms with Gasteiger partial charge in [-0.05, 0) is 30.7 Å². The lowest BCUT2D eigenvalue weighted by atomic mass is 9.95. The molecular weight excluding hydrogens is 206 g/mol. The van der Waals surface area contributed by atoms with E-state index in [1.54, 1.807) is 0 Å². The minimum atomic E-state index is 0.555. The summed E-state index contributed by atoms with van der Waals surface area (Å²) in [5, 5.41) is 0. The van der Waals surface area contributed by atoms with Crippen LogP contribution in [0.4, 0.5) is 0 Å². The smallest absolute Gasteiger partial charge is 0.0495 e. The molecule has 2 rings (SSSR count). The number of nitrogens with zero attached hydrogens (tertiary/aromatic N) is 1. The van der Waals surface area contributed by atoms with Crippen molar-refractivity contribution >= 4 is 6.21 Å². The highest BCUT2D eigenvalue weighted by atomic mass is 14.8. The van der Waals surface area contributed by atoms with Crippen LogP contribution in [0.25, 0.3) is 0 Å². The summed E-state index contributed by atoms with van der Waals surface area (Å²) in [5.74, 6) is 0.555. The van der Waals surface area contributed by atoms with Crippen LogP contribution in [0.2, 0.25) is 0 Å². The van der Waals surface area contributed by atoms with Crippen LogP contribution in [-0.4, -0.2) is 12.3 Å². The molecule has 0 radical (unpaired) electrons. The summed E-state index contributed by atoms with van der Waals surface area (Å²) in [6, 6.07) is 11.3. The van der Waals surface area contributed by atoms with Gasteiger partial charge in [0.25, 0.3) is 0 Å². The maximum Gasteiger partial charge on any atom is 0.0495 e. The third-order valence-corrected chi connectivity index (χ3v) is 3.53. The van der Waals surface area contributed by atoms with Crippen LogP contribution >= 0.6 is 0 Å². The lowest BCUT2D eigenvalue weighted by molar-refractivity contribution is 0.443. The number of hydrogen-bond donors (Lipinski definition) is 0. The molecule has 1 nitrogen and oxygen atoms in total. The van der Waals surface area contributed by atoms with Crippen LogP contribution in [-0.2, 0) is 6.42 Å². The third-order valence-electron chi connectivity index (χ3n) is 3.53. The Labute approximate surface area is 105 Å². The second kappa shape index (κ2) is 6.58. The van der Waals surface area contributed by atoms with Crippen LogP contribution in [0, 0.1) is 5.92 Å². The normalized spacial score (nSPS) is 19.6. The predicted molar refractivity (Wildman–Crippen MR) is 74.7 cm³/mol. The zero-order valence-electron chi connectivity index (χ0n) is 10.8. The van der Waals surface area contributed by atoms with E-state index in [4.69, 9.17) is 4.99 Å². The first-order valence-electron chi connectivity index (χ1n) is 6.92. The first-order chi connectivity index (χ1) is 8.34. The summed E-state index contributed by atoms with van der Waals surface area (Å²) in [5.41, 5.74) is 1.41. The van der Waals surface area contributed by atoms with E-state index in [9.17, 15) is 0 Å². The highest BCUT2D eigenvalue weighted by molar-refractivity contribution is 5.61. The Balaban J connectivity index is 1.80. The van der Waals surface area contributed by atoms with E-state index < -0.39 is 0 Å². The summed E-state index contributed by atoms with van der Waals surface area (Å²) < 4.78 is 0. The van der Waals surface area contributed by atoms with Crippen molar-refractivity contribution in [3.63, 3.8) is 0 Å². The van der Waals surface area contributed by atoms with Gasteiger partial charge in [0.15, 0.2) is 0 Å². The van der Waals surface area contributed by atoms with Crippen molar-refractivity contribution < 1.29 is 0 Å². The molecule has 92 valence electrons. The van der Waals surface area contributed by atoms with Gasteiger partial charge in [0, 0.05) is 12.3 Å². The molecule has 1 unspecified atom stereocenters. The van der Waals surface area contributed by atoms with E-state index in [0.29, 0.717) is 12.0 Å². The minimum Gasteiger partial charge on any atom is -0.294 e. The molecule has 0 amide bonds. The maximum absolute atomic E-state index is 4.75. The van der Waals surface area contributed by atoms with Gasteiger partial charge in [-0.2, -0.15) is 0 Å². The van der Waals surface area contributed by atoms with Crippen LogP contribution in [0.3, 0.4) is 0 Å². The molecule has 1 atom stereocenters. The monoisotopic (exact) mass is 229 g/mol. The second-order valence-electron chi connectivity index (χ2n) is 5.26. The molecule has 1 aliphatic carbocycles. The molecule has 0 aliphatic heterocycles. The quantitative estimate of drug-likeness (QED) is 0.684. The molecule has 1 saturated carbocycles. The van der Waals surface area contributed by atoms with E-state index in [0.717, 1.165) is 6.42 Å². The largest absolute Gasteiger partial charge is 0.294 e.